The Hall–Kier alpha value is -1.30. The molecule has 0 aliphatic heterocycles. The van der Waals surface area contributed by atoms with Gasteiger partial charge in [-0.3, -0.25) is 0 Å². The van der Waals surface area contributed by atoms with Crippen LogP contribution >= 0.6 is 15.9 Å². The summed E-state index contributed by atoms with van der Waals surface area (Å²) in [5, 5.41) is 12.4. The summed E-state index contributed by atoms with van der Waals surface area (Å²) in [6.45, 7) is 4.90. The summed E-state index contributed by atoms with van der Waals surface area (Å²) < 4.78 is 5.50. The average Bonchev–Trinajstić information content (AvgIpc) is 2.34. The summed E-state index contributed by atoms with van der Waals surface area (Å²) in [6, 6.07) is 1.51. The molecule has 1 heterocycles. The quantitative estimate of drug-likeness (QED) is 0.623. The smallest absolute Gasteiger partial charge is 0.341 e. The first-order chi connectivity index (χ1) is 8.60. The van der Waals surface area contributed by atoms with Gasteiger partial charge in [-0.1, -0.05) is 13.3 Å². The molecule has 0 aliphatic rings. The van der Waals surface area contributed by atoms with Crippen LogP contribution in [0.3, 0.4) is 0 Å². The maximum Gasteiger partial charge on any atom is 0.341 e. The highest BCUT2D eigenvalue weighted by Gasteiger charge is 2.17. The van der Waals surface area contributed by atoms with Crippen molar-refractivity contribution in [3.8, 4) is 5.88 Å². The van der Waals surface area contributed by atoms with Crippen molar-refractivity contribution >= 4 is 27.7 Å². The third-order valence-electron chi connectivity index (χ3n) is 2.25. The molecule has 0 aliphatic carbocycles. The van der Waals surface area contributed by atoms with E-state index in [0.717, 1.165) is 12.8 Å². The number of carbonyl (C=O) groups is 1. The molecular formula is C12H17BrN2O3. The van der Waals surface area contributed by atoms with Gasteiger partial charge in [0.2, 0.25) is 5.88 Å². The molecule has 6 heteroatoms. The van der Waals surface area contributed by atoms with Gasteiger partial charge < -0.3 is 15.2 Å². The summed E-state index contributed by atoms with van der Waals surface area (Å²) in [5.41, 5.74) is 0.317. The van der Waals surface area contributed by atoms with Crippen LogP contribution in [0.25, 0.3) is 0 Å². The maximum atomic E-state index is 11.9. The molecule has 0 fully saturated rings. The fraction of sp³-hybridized carbons (Fsp3) is 0.500. The van der Waals surface area contributed by atoms with Crippen LogP contribution < -0.4 is 5.32 Å². The van der Waals surface area contributed by atoms with Gasteiger partial charge in [0, 0.05) is 6.54 Å². The standard InChI is InChI=1S/C12H17BrN2O3/c1-3-5-6-18-12(17)8-7-9(13)11(16)15-10(8)14-4-2/h7H,3-6H2,1-2H3,(H2,14,15,16). The molecule has 1 rings (SSSR count). The van der Waals surface area contributed by atoms with Crippen molar-refractivity contribution in [2.24, 2.45) is 0 Å². The van der Waals surface area contributed by atoms with Crippen molar-refractivity contribution in [2.75, 3.05) is 18.5 Å². The Balaban J connectivity index is 2.91. The Morgan fingerprint density at radius 2 is 2.28 bits per heavy atom. The summed E-state index contributed by atoms with van der Waals surface area (Å²) in [6.07, 6.45) is 1.79. The largest absolute Gasteiger partial charge is 0.492 e. The number of nitrogens with one attached hydrogen (secondary N) is 1. The summed E-state index contributed by atoms with van der Waals surface area (Å²) in [4.78, 5) is 15.8. The number of hydrogen-bond donors (Lipinski definition) is 2. The minimum Gasteiger partial charge on any atom is -0.492 e. The van der Waals surface area contributed by atoms with Crippen LogP contribution in [-0.2, 0) is 4.74 Å². The van der Waals surface area contributed by atoms with Gasteiger partial charge in [0.15, 0.2) is 0 Å². The lowest BCUT2D eigenvalue weighted by Crippen LogP contribution is -2.12. The zero-order valence-corrected chi connectivity index (χ0v) is 12.1. The molecule has 0 unspecified atom stereocenters. The molecular weight excluding hydrogens is 300 g/mol. The molecule has 1 aromatic rings. The number of aromatic hydroxyl groups is 1. The number of halogens is 1. The van der Waals surface area contributed by atoms with Crippen molar-refractivity contribution in [2.45, 2.75) is 26.7 Å². The second-order valence-electron chi connectivity index (χ2n) is 3.71. The number of aromatic nitrogens is 1. The van der Waals surface area contributed by atoms with Gasteiger partial charge in [-0.05, 0) is 35.3 Å². The summed E-state index contributed by atoms with van der Waals surface area (Å²) in [7, 11) is 0. The predicted octanol–water partition coefficient (Wildman–Crippen LogP) is 2.94. The van der Waals surface area contributed by atoms with Crippen LogP contribution in [0.2, 0.25) is 0 Å². The van der Waals surface area contributed by atoms with Gasteiger partial charge in [0.25, 0.3) is 0 Å². The average molecular weight is 317 g/mol. The van der Waals surface area contributed by atoms with Crippen molar-refractivity contribution in [3.05, 3.63) is 16.1 Å². The van der Waals surface area contributed by atoms with Crippen LogP contribution in [0.15, 0.2) is 10.5 Å². The number of anilines is 1. The first-order valence-corrected chi connectivity index (χ1v) is 6.69. The van der Waals surface area contributed by atoms with E-state index in [0.29, 0.717) is 29.0 Å². The topological polar surface area (TPSA) is 71.5 Å². The third kappa shape index (κ3) is 3.87. The molecule has 0 aromatic carbocycles. The summed E-state index contributed by atoms with van der Waals surface area (Å²) >= 11 is 3.13. The van der Waals surface area contributed by atoms with E-state index in [1.165, 1.54) is 6.07 Å². The molecule has 0 atom stereocenters. The summed E-state index contributed by atoms with van der Waals surface area (Å²) in [5.74, 6) is -0.261. The normalized spacial score (nSPS) is 10.2. The minimum absolute atomic E-state index is 0.156. The SMILES string of the molecule is CCCCOC(=O)c1cc(Br)c(O)nc1NCC. The molecule has 5 nitrogen and oxygen atoms in total. The highest BCUT2D eigenvalue weighted by atomic mass is 79.9. The van der Waals surface area contributed by atoms with E-state index < -0.39 is 5.97 Å². The van der Waals surface area contributed by atoms with Gasteiger partial charge >= 0.3 is 5.97 Å². The fourth-order valence-corrected chi connectivity index (χ4v) is 1.64. The van der Waals surface area contributed by atoms with E-state index in [1.54, 1.807) is 0 Å². The van der Waals surface area contributed by atoms with Crippen LogP contribution in [0, 0.1) is 0 Å². The van der Waals surface area contributed by atoms with Gasteiger partial charge in [0.05, 0.1) is 11.1 Å². The Kier molecular flexibility index (Phi) is 5.91. The van der Waals surface area contributed by atoms with E-state index in [-0.39, 0.29) is 5.88 Å². The molecule has 0 spiro atoms. The Morgan fingerprint density at radius 1 is 1.56 bits per heavy atom. The Morgan fingerprint density at radius 3 is 2.89 bits per heavy atom. The molecule has 0 amide bonds. The first-order valence-electron chi connectivity index (χ1n) is 5.90. The Bertz CT molecular complexity index is 424. The second kappa shape index (κ2) is 7.20. The second-order valence-corrected chi connectivity index (χ2v) is 4.56. The fourth-order valence-electron chi connectivity index (χ4n) is 1.32. The number of nitrogens with zero attached hydrogens (tertiary/aromatic N) is 1. The molecule has 0 saturated carbocycles. The van der Waals surface area contributed by atoms with E-state index in [4.69, 9.17) is 4.74 Å². The molecule has 0 saturated heterocycles. The van der Waals surface area contributed by atoms with Crippen molar-refractivity contribution in [3.63, 3.8) is 0 Å². The van der Waals surface area contributed by atoms with Gasteiger partial charge in [0.1, 0.15) is 11.4 Å². The molecule has 2 N–H and O–H groups in total. The predicted molar refractivity (Wildman–Crippen MR) is 73.0 cm³/mol. The van der Waals surface area contributed by atoms with Gasteiger partial charge in [-0.25, -0.2) is 4.79 Å². The van der Waals surface area contributed by atoms with Crippen LogP contribution in [-0.4, -0.2) is 29.2 Å². The van der Waals surface area contributed by atoms with Crippen molar-refractivity contribution < 1.29 is 14.6 Å². The maximum absolute atomic E-state index is 11.9. The van der Waals surface area contributed by atoms with Crippen LogP contribution in [0.4, 0.5) is 5.82 Å². The minimum atomic E-state index is -0.437. The van der Waals surface area contributed by atoms with E-state index in [9.17, 15) is 9.90 Å². The number of carbonyl (C=O) groups excluding carboxylic acids is 1. The number of unbranched alkanes of at least 4 members (excludes halogenated alkanes) is 1. The van der Waals surface area contributed by atoms with Crippen LogP contribution in [0.1, 0.15) is 37.0 Å². The molecule has 0 bridgehead atoms. The highest BCUT2D eigenvalue weighted by molar-refractivity contribution is 9.10. The molecule has 0 radical (unpaired) electrons. The lowest BCUT2D eigenvalue weighted by Gasteiger charge is -2.10. The van der Waals surface area contributed by atoms with Crippen molar-refractivity contribution in [1.29, 1.82) is 0 Å². The highest BCUT2D eigenvalue weighted by Crippen LogP contribution is 2.27. The number of rotatable bonds is 6. The first kappa shape index (κ1) is 14.8. The molecule has 18 heavy (non-hydrogen) atoms. The zero-order chi connectivity index (χ0) is 13.5. The zero-order valence-electron chi connectivity index (χ0n) is 10.5. The number of esters is 1. The van der Waals surface area contributed by atoms with Crippen LogP contribution in [0.5, 0.6) is 5.88 Å². The van der Waals surface area contributed by atoms with E-state index in [2.05, 4.69) is 26.2 Å². The number of pyridine rings is 1. The lowest BCUT2D eigenvalue weighted by atomic mass is 10.2. The van der Waals surface area contributed by atoms with E-state index >= 15 is 0 Å². The van der Waals surface area contributed by atoms with Gasteiger partial charge in [-0.15, -0.1) is 0 Å². The Labute approximate surface area is 115 Å². The van der Waals surface area contributed by atoms with Gasteiger partial charge in [-0.2, -0.15) is 4.98 Å². The monoisotopic (exact) mass is 316 g/mol. The molecule has 100 valence electrons. The lowest BCUT2D eigenvalue weighted by molar-refractivity contribution is 0.0500. The van der Waals surface area contributed by atoms with E-state index in [1.807, 2.05) is 13.8 Å². The number of ether oxygens (including phenoxy) is 1. The van der Waals surface area contributed by atoms with Crippen molar-refractivity contribution in [1.82, 2.24) is 4.98 Å². The third-order valence-corrected chi connectivity index (χ3v) is 2.84. The number of hydrogen-bond acceptors (Lipinski definition) is 5. The molecule has 1 aromatic heterocycles.